The zero-order chi connectivity index (χ0) is 18.3. The van der Waals surface area contributed by atoms with Crippen molar-refractivity contribution in [1.82, 2.24) is 4.67 Å². The fourth-order valence-electron chi connectivity index (χ4n) is 3.06. The molecule has 1 aliphatic heterocycles. The van der Waals surface area contributed by atoms with E-state index in [9.17, 15) is 0 Å². The summed E-state index contributed by atoms with van der Waals surface area (Å²) in [5, 5.41) is 8.80. The van der Waals surface area contributed by atoms with E-state index in [2.05, 4.69) is 43.4 Å². The Kier molecular flexibility index (Phi) is 9.07. The van der Waals surface area contributed by atoms with Gasteiger partial charge in [0.2, 0.25) is 0 Å². The second kappa shape index (κ2) is 10.2. The standard InChI is InChI=1S/C16H30FN4O2P/c1-6-13-15(14(17)16(23-13)20-10-19)24(22-9-7-8-18)21(11(2)3)12(4)5/h10-16H,6-7,9H2,1-5H3,(H2,19,20)/t13-,14-,15-,16-,24?/m1/s1. The Morgan fingerprint density at radius 3 is 2.50 bits per heavy atom. The number of rotatable bonds is 9. The van der Waals surface area contributed by atoms with Crippen LogP contribution in [-0.2, 0) is 9.26 Å². The van der Waals surface area contributed by atoms with Gasteiger partial charge < -0.3 is 15.0 Å². The number of nitrogens with two attached hydrogens (primary N) is 1. The van der Waals surface area contributed by atoms with Crippen LogP contribution in [0, 0.1) is 11.3 Å². The SMILES string of the molecule is CC[C@H]1O[C@@H](N=CN)[C@H](F)[C@@H]1P(OCCC#N)N(C(C)C)C(C)C. The second-order valence-electron chi connectivity index (χ2n) is 6.32. The van der Waals surface area contributed by atoms with E-state index in [-0.39, 0.29) is 24.6 Å². The van der Waals surface area contributed by atoms with Crippen LogP contribution < -0.4 is 5.73 Å². The molecular weight excluding hydrogens is 330 g/mol. The first-order valence-electron chi connectivity index (χ1n) is 8.49. The number of hydrogen-bond donors (Lipinski definition) is 1. The molecule has 0 radical (unpaired) electrons. The van der Waals surface area contributed by atoms with E-state index in [4.69, 9.17) is 20.3 Å². The molecule has 0 aromatic rings. The van der Waals surface area contributed by atoms with Crippen molar-refractivity contribution in [2.45, 2.75) is 83.7 Å². The van der Waals surface area contributed by atoms with Crippen molar-refractivity contribution in [3.05, 3.63) is 0 Å². The molecule has 0 aliphatic carbocycles. The summed E-state index contributed by atoms with van der Waals surface area (Å²) < 4.78 is 29.1. The molecule has 1 heterocycles. The molecule has 1 aliphatic rings. The Bertz CT molecular complexity index is 436. The minimum absolute atomic E-state index is 0.194. The van der Waals surface area contributed by atoms with Crippen LogP contribution in [-0.4, -0.2) is 53.9 Å². The highest BCUT2D eigenvalue weighted by Crippen LogP contribution is 2.56. The Balaban J connectivity index is 3.12. The van der Waals surface area contributed by atoms with Gasteiger partial charge in [0.1, 0.15) is 8.30 Å². The van der Waals surface area contributed by atoms with Crippen LogP contribution in [0.5, 0.6) is 0 Å². The van der Waals surface area contributed by atoms with E-state index >= 15 is 4.39 Å². The molecule has 2 N–H and O–H groups in total. The lowest BCUT2D eigenvalue weighted by molar-refractivity contribution is 0.0333. The number of ether oxygens (including phenoxy) is 1. The minimum atomic E-state index is -1.28. The normalized spacial score (nSPS) is 29.0. The molecule has 0 saturated carbocycles. The van der Waals surface area contributed by atoms with Crippen LogP contribution in [0.1, 0.15) is 47.5 Å². The summed E-state index contributed by atoms with van der Waals surface area (Å²) in [4.78, 5) is 3.92. The molecule has 8 heteroatoms. The van der Waals surface area contributed by atoms with Gasteiger partial charge in [0, 0.05) is 12.1 Å². The number of nitrogens with zero attached hydrogens (tertiary/aromatic N) is 3. The Labute approximate surface area is 146 Å². The van der Waals surface area contributed by atoms with Gasteiger partial charge in [0.05, 0.1) is 37.2 Å². The smallest absolute Gasteiger partial charge is 0.182 e. The van der Waals surface area contributed by atoms with E-state index < -0.39 is 26.4 Å². The van der Waals surface area contributed by atoms with Gasteiger partial charge >= 0.3 is 0 Å². The zero-order valence-corrected chi connectivity index (χ0v) is 16.1. The maximum Gasteiger partial charge on any atom is 0.182 e. The lowest BCUT2D eigenvalue weighted by Crippen LogP contribution is -2.40. The molecular formula is C16H30FN4O2P. The zero-order valence-electron chi connectivity index (χ0n) is 15.2. The van der Waals surface area contributed by atoms with E-state index in [0.29, 0.717) is 13.0 Å². The predicted octanol–water partition coefficient (Wildman–Crippen LogP) is 3.18. The molecule has 24 heavy (non-hydrogen) atoms. The monoisotopic (exact) mass is 360 g/mol. The Morgan fingerprint density at radius 1 is 1.42 bits per heavy atom. The third-order valence-corrected chi connectivity index (χ3v) is 6.86. The first-order valence-corrected chi connectivity index (χ1v) is 9.77. The van der Waals surface area contributed by atoms with Crippen LogP contribution in [0.2, 0.25) is 0 Å². The van der Waals surface area contributed by atoms with Gasteiger partial charge in [0.25, 0.3) is 0 Å². The van der Waals surface area contributed by atoms with Crippen LogP contribution in [0.25, 0.3) is 0 Å². The van der Waals surface area contributed by atoms with Crippen molar-refractivity contribution < 1.29 is 13.7 Å². The molecule has 1 unspecified atom stereocenters. The van der Waals surface area contributed by atoms with Crippen LogP contribution >= 0.6 is 8.30 Å². The molecule has 0 spiro atoms. The summed E-state index contributed by atoms with van der Waals surface area (Å²) in [5.41, 5.74) is 4.91. The lowest BCUT2D eigenvalue weighted by Gasteiger charge is -2.41. The van der Waals surface area contributed by atoms with Gasteiger partial charge in [-0.3, -0.25) is 4.67 Å². The molecule has 0 aromatic heterocycles. The summed E-state index contributed by atoms with van der Waals surface area (Å²) in [7, 11) is -1.27. The van der Waals surface area contributed by atoms with Gasteiger partial charge in [-0.15, -0.1) is 0 Å². The largest absolute Gasteiger partial charge is 0.390 e. The highest BCUT2D eigenvalue weighted by molar-refractivity contribution is 7.51. The average molecular weight is 360 g/mol. The molecule has 0 amide bonds. The van der Waals surface area contributed by atoms with Gasteiger partial charge in [-0.05, 0) is 34.1 Å². The van der Waals surface area contributed by atoms with Gasteiger partial charge in [-0.25, -0.2) is 9.38 Å². The van der Waals surface area contributed by atoms with Crippen molar-refractivity contribution in [3.63, 3.8) is 0 Å². The number of aliphatic imine (C=N–C) groups is 1. The number of halogens is 1. The molecule has 5 atom stereocenters. The van der Waals surface area contributed by atoms with E-state index in [1.165, 1.54) is 0 Å². The average Bonchev–Trinajstić information content (AvgIpc) is 2.82. The van der Waals surface area contributed by atoms with Crippen molar-refractivity contribution in [1.29, 1.82) is 5.26 Å². The maximum absolute atomic E-state index is 15.1. The third kappa shape index (κ3) is 5.10. The van der Waals surface area contributed by atoms with Crippen molar-refractivity contribution >= 4 is 14.6 Å². The second-order valence-corrected chi connectivity index (χ2v) is 8.24. The molecule has 138 valence electrons. The van der Waals surface area contributed by atoms with E-state index in [0.717, 1.165) is 6.34 Å². The highest BCUT2D eigenvalue weighted by Gasteiger charge is 2.51. The maximum atomic E-state index is 15.1. The van der Waals surface area contributed by atoms with Gasteiger partial charge in [-0.1, -0.05) is 6.92 Å². The molecule has 1 rings (SSSR count). The summed E-state index contributed by atoms with van der Waals surface area (Å²) in [6.45, 7) is 10.6. The number of hydrogen-bond acceptors (Lipinski definition) is 5. The van der Waals surface area contributed by atoms with E-state index in [1.807, 2.05) is 6.92 Å². The highest BCUT2D eigenvalue weighted by atomic mass is 31.2. The molecule has 6 nitrogen and oxygen atoms in total. The quantitative estimate of drug-likeness (QED) is 0.295. The third-order valence-electron chi connectivity index (χ3n) is 3.91. The first-order chi connectivity index (χ1) is 11.4. The Hall–Kier alpha value is -0.800. The van der Waals surface area contributed by atoms with Crippen molar-refractivity contribution in [2.75, 3.05) is 6.61 Å². The minimum Gasteiger partial charge on any atom is -0.390 e. The van der Waals surface area contributed by atoms with Crippen molar-refractivity contribution in [3.8, 4) is 6.07 Å². The van der Waals surface area contributed by atoms with Gasteiger partial charge in [0.15, 0.2) is 12.4 Å². The summed E-state index contributed by atoms with van der Waals surface area (Å²) in [6, 6.07) is 2.47. The summed E-state index contributed by atoms with van der Waals surface area (Å²) in [6.07, 6.45) is -0.380. The fraction of sp³-hybridized carbons (Fsp3) is 0.875. The van der Waals surface area contributed by atoms with Crippen LogP contribution in [0.4, 0.5) is 4.39 Å². The predicted molar refractivity (Wildman–Crippen MR) is 95.5 cm³/mol. The summed E-state index contributed by atoms with van der Waals surface area (Å²) in [5.74, 6) is 0. The van der Waals surface area contributed by atoms with Gasteiger partial charge in [-0.2, -0.15) is 5.26 Å². The van der Waals surface area contributed by atoms with E-state index in [1.54, 1.807) is 0 Å². The molecule has 1 fully saturated rings. The van der Waals surface area contributed by atoms with Crippen molar-refractivity contribution in [2.24, 2.45) is 10.7 Å². The number of alkyl halides is 1. The molecule has 0 bridgehead atoms. The fourth-order valence-corrected chi connectivity index (χ4v) is 5.81. The number of nitriles is 1. The first kappa shape index (κ1) is 21.2. The topological polar surface area (TPSA) is 83.9 Å². The summed E-state index contributed by atoms with van der Waals surface area (Å²) >= 11 is 0. The molecule has 0 aromatic carbocycles. The van der Waals surface area contributed by atoms with Crippen LogP contribution in [0.3, 0.4) is 0 Å². The Morgan fingerprint density at radius 2 is 2.04 bits per heavy atom. The lowest BCUT2D eigenvalue weighted by atomic mass is 10.1. The molecule has 1 saturated heterocycles. The van der Waals surface area contributed by atoms with Crippen LogP contribution in [0.15, 0.2) is 4.99 Å².